The molecule has 0 atom stereocenters. The molecule has 4 rings (SSSR count). The number of thiocarbonyl (C=S) groups is 1. The number of hydrogen-bond acceptors (Lipinski definition) is 3. The fourth-order valence-electron chi connectivity index (χ4n) is 3.07. The van der Waals surface area contributed by atoms with Crippen molar-refractivity contribution in [1.29, 1.82) is 0 Å². The monoisotopic (exact) mass is 416 g/mol. The van der Waals surface area contributed by atoms with E-state index < -0.39 is 0 Å². The fraction of sp³-hybridized carbons (Fsp3) is 0.174. The molecule has 0 amide bonds. The first-order valence-electron chi connectivity index (χ1n) is 9.78. The number of aromatic nitrogens is 4. The number of nitrogens with one attached hydrogen (secondary N) is 2. The molecule has 7 heteroatoms. The average Bonchev–Trinajstić information content (AvgIpc) is 3.35. The van der Waals surface area contributed by atoms with E-state index in [1.807, 2.05) is 27.8 Å². The van der Waals surface area contributed by atoms with Crippen molar-refractivity contribution < 1.29 is 0 Å². The largest absolute Gasteiger partial charge is 0.330 e. The molecule has 4 aromatic rings. The summed E-state index contributed by atoms with van der Waals surface area (Å²) in [6.07, 6.45) is 5.63. The minimum atomic E-state index is 0.477. The molecule has 0 spiro atoms. The lowest BCUT2D eigenvalue weighted by Crippen LogP contribution is -2.19. The molecule has 2 aromatic heterocycles. The Bertz CT molecular complexity index is 1040. The number of aryl methyl sites for hydroxylation is 2. The van der Waals surface area contributed by atoms with Gasteiger partial charge >= 0.3 is 0 Å². The van der Waals surface area contributed by atoms with E-state index in [2.05, 4.69) is 83.2 Å². The molecule has 0 aliphatic rings. The van der Waals surface area contributed by atoms with Gasteiger partial charge in [-0.2, -0.15) is 10.2 Å². The fourth-order valence-corrected chi connectivity index (χ4v) is 3.29. The molecule has 0 saturated carbocycles. The number of anilines is 2. The van der Waals surface area contributed by atoms with Crippen LogP contribution in [0, 0.1) is 13.8 Å². The summed E-state index contributed by atoms with van der Waals surface area (Å²) in [5, 5.41) is 15.7. The molecule has 0 bridgehead atoms. The summed E-state index contributed by atoms with van der Waals surface area (Å²) in [7, 11) is 0. The molecule has 0 aliphatic carbocycles. The van der Waals surface area contributed by atoms with Crippen LogP contribution in [0.15, 0.2) is 73.2 Å². The van der Waals surface area contributed by atoms with Gasteiger partial charge in [0.15, 0.2) is 10.9 Å². The molecule has 0 radical (unpaired) electrons. The molecule has 2 heterocycles. The molecule has 30 heavy (non-hydrogen) atoms. The lowest BCUT2D eigenvalue weighted by atomic mass is 10.1. The van der Waals surface area contributed by atoms with Crippen molar-refractivity contribution >= 4 is 28.8 Å². The van der Waals surface area contributed by atoms with Crippen LogP contribution < -0.4 is 10.6 Å². The third-order valence-electron chi connectivity index (χ3n) is 4.70. The maximum atomic E-state index is 5.42. The zero-order valence-electron chi connectivity index (χ0n) is 17.0. The van der Waals surface area contributed by atoms with E-state index in [1.54, 1.807) is 6.20 Å². The van der Waals surface area contributed by atoms with E-state index in [-0.39, 0.29) is 0 Å². The summed E-state index contributed by atoms with van der Waals surface area (Å²) < 4.78 is 3.77. The second kappa shape index (κ2) is 8.92. The Morgan fingerprint density at radius 1 is 0.833 bits per heavy atom. The molecule has 0 fully saturated rings. The van der Waals surface area contributed by atoms with E-state index >= 15 is 0 Å². The molecule has 0 aliphatic heterocycles. The molecule has 0 unspecified atom stereocenters. The number of hydrogen-bond donors (Lipinski definition) is 2. The van der Waals surface area contributed by atoms with E-state index in [9.17, 15) is 0 Å². The Kier molecular flexibility index (Phi) is 5.90. The second-order valence-electron chi connectivity index (χ2n) is 7.38. The van der Waals surface area contributed by atoms with Crippen LogP contribution >= 0.6 is 12.2 Å². The third-order valence-corrected chi connectivity index (χ3v) is 4.91. The molecule has 152 valence electrons. The highest BCUT2D eigenvalue weighted by Gasteiger charge is 2.05. The van der Waals surface area contributed by atoms with Gasteiger partial charge in [0.25, 0.3) is 0 Å². The van der Waals surface area contributed by atoms with Crippen LogP contribution in [0.4, 0.5) is 11.5 Å². The average molecular weight is 417 g/mol. The van der Waals surface area contributed by atoms with Gasteiger partial charge in [0.2, 0.25) is 0 Å². The first kappa shape index (κ1) is 19.8. The Morgan fingerprint density at radius 2 is 1.43 bits per heavy atom. The molecule has 0 saturated heterocycles. The van der Waals surface area contributed by atoms with Crippen molar-refractivity contribution in [3.63, 3.8) is 0 Å². The van der Waals surface area contributed by atoms with Crippen LogP contribution in [-0.2, 0) is 13.1 Å². The number of nitrogens with zero attached hydrogens (tertiary/aromatic N) is 4. The minimum absolute atomic E-state index is 0.477. The van der Waals surface area contributed by atoms with E-state index in [0.717, 1.165) is 5.69 Å². The summed E-state index contributed by atoms with van der Waals surface area (Å²) >= 11 is 5.42. The smallest absolute Gasteiger partial charge is 0.176 e. The van der Waals surface area contributed by atoms with Gasteiger partial charge in [-0.25, -0.2) is 0 Å². The van der Waals surface area contributed by atoms with Crippen molar-refractivity contribution in [1.82, 2.24) is 19.6 Å². The maximum Gasteiger partial charge on any atom is 0.176 e. The van der Waals surface area contributed by atoms with Gasteiger partial charge in [-0.1, -0.05) is 59.7 Å². The Hall–Kier alpha value is -3.45. The van der Waals surface area contributed by atoms with Crippen LogP contribution in [-0.4, -0.2) is 24.7 Å². The van der Waals surface area contributed by atoms with Crippen molar-refractivity contribution in [2.75, 3.05) is 10.6 Å². The minimum Gasteiger partial charge on any atom is -0.330 e. The van der Waals surface area contributed by atoms with Crippen molar-refractivity contribution in [2.24, 2.45) is 0 Å². The normalized spacial score (nSPS) is 10.7. The van der Waals surface area contributed by atoms with Crippen molar-refractivity contribution in [3.8, 4) is 0 Å². The molecule has 2 aromatic carbocycles. The van der Waals surface area contributed by atoms with E-state index in [4.69, 9.17) is 12.2 Å². The van der Waals surface area contributed by atoms with E-state index in [1.165, 1.54) is 22.3 Å². The first-order chi connectivity index (χ1) is 14.5. The van der Waals surface area contributed by atoms with Crippen LogP contribution in [0.25, 0.3) is 0 Å². The lowest BCUT2D eigenvalue weighted by Gasteiger charge is -2.07. The molecular formula is C23H24N6S. The second-order valence-corrected chi connectivity index (χ2v) is 7.78. The van der Waals surface area contributed by atoms with Crippen LogP contribution in [0.2, 0.25) is 0 Å². The lowest BCUT2D eigenvalue weighted by molar-refractivity contribution is 0.687. The van der Waals surface area contributed by atoms with Gasteiger partial charge in [-0.3, -0.25) is 9.36 Å². The summed E-state index contributed by atoms with van der Waals surface area (Å²) in [5.74, 6) is 0.701. The number of benzene rings is 2. The Labute approximate surface area is 181 Å². The van der Waals surface area contributed by atoms with Crippen molar-refractivity contribution in [3.05, 3.63) is 95.4 Å². The van der Waals surface area contributed by atoms with Crippen LogP contribution in [0.1, 0.15) is 22.3 Å². The zero-order chi connectivity index (χ0) is 20.9. The van der Waals surface area contributed by atoms with Crippen LogP contribution in [0.5, 0.6) is 0 Å². The summed E-state index contributed by atoms with van der Waals surface area (Å²) in [5.41, 5.74) is 5.74. The Morgan fingerprint density at radius 3 is 2.07 bits per heavy atom. The Balaban J connectivity index is 1.30. The first-order valence-corrected chi connectivity index (χ1v) is 10.2. The summed E-state index contributed by atoms with van der Waals surface area (Å²) in [4.78, 5) is 0. The molecular weight excluding hydrogens is 392 g/mol. The molecule has 6 nitrogen and oxygen atoms in total. The van der Waals surface area contributed by atoms with Gasteiger partial charge in [0, 0.05) is 18.5 Å². The highest BCUT2D eigenvalue weighted by atomic mass is 32.1. The third kappa shape index (κ3) is 5.33. The van der Waals surface area contributed by atoms with Crippen LogP contribution in [0.3, 0.4) is 0 Å². The highest BCUT2D eigenvalue weighted by Crippen LogP contribution is 2.11. The quantitative estimate of drug-likeness (QED) is 0.450. The standard InChI is InChI=1S/C23H24N6S/c1-17-3-7-19(8-4-17)14-28-12-11-22(27-28)26-23(30)25-21-13-24-29(16-21)15-20-9-5-18(2)6-10-20/h3-13,16H,14-15H2,1-2H3,(H2,25,26,27,30). The maximum absolute atomic E-state index is 5.42. The predicted molar refractivity (Wildman–Crippen MR) is 125 cm³/mol. The topological polar surface area (TPSA) is 59.7 Å². The van der Waals surface area contributed by atoms with Gasteiger partial charge in [-0.15, -0.1) is 0 Å². The predicted octanol–water partition coefficient (Wildman–Crippen LogP) is 4.60. The SMILES string of the molecule is Cc1ccc(Cn2cc(NC(=S)Nc3ccn(Cc4ccc(C)cc4)n3)cn2)cc1. The van der Waals surface area contributed by atoms with Gasteiger partial charge < -0.3 is 10.6 Å². The summed E-state index contributed by atoms with van der Waals surface area (Å²) in [6.45, 7) is 5.60. The van der Waals surface area contributed by atoms with E-state index in [0.29, 0.717) is 24.0 Å². The van der Waals surface area contributed by atoms with Gasteiger partial charge in [-0.05, 0) is 37.2 Å². The zero-order valence-corrected chi connectivity index (χ0v) is 17.9. The van der Waals surface area contributed by atoms with Gasteiger partial charge in [0.05, 0.1) is 25.0 Å². The van der Waals surface area contributed by atoms with Crippen molar-refractivity contribution in [2.45, 2.75) is 26.9 Å². The highest BCUT2D eigenvalue weighted by molar-refractivity contribution is 7.80. The summed E-state index contributed by atoms with van der Waals surface area (Å²) in [6, 6.07) is 18.8. The number of rotatable bonds is 6. The molecule has 2 N–H and O–H groups in total. The van der Waals surface area contributed by atoms with Gasteiger partial charge in [0.1, 0.15) is 0 Å².